The van der Waals surface area contributed by atoms with Gasteiger partial charge in [0, 0.05) is 37.5 Å². The highest BCUT2D eigenvalue weighted by Crippen LogP contribution is 2.28. The molecule has 37 heavy (non-hydrogen) atoms. The summed E-state index contributed by atoms with van der Waals surface area (Å²) in [6.07, 6.45) is 5.79. The van der Waals surface area contributed by atoms with E-state index in [1.165, 1.54) is 5.56 Å². The molecule has 0 spiro atoms. The van der Waals surface area contributed by atoms with E-state index in [9.17, 15) is 14.4 Å². The van der Waals surface area contributed by atoms with E-state index in [0.29, 0.717) is 31.5 Å². The van der Waals surface area contributed by atoms with E-state index in [1.54, 1.807) is 18.3 Å². The molecule has 1 aromatic carbocycles. The van der Waals surface area contributed by atoms with Gasteiger partial charge in [0.2, 0.25) is 17.7 Å². The first-order valence-corrected chi connectivity index (χ1v) is 14.1. The molecule has 0 aliphatic heterocycles. The molecule has 1 saturated carbocycles. The minimum absolute atomic E-state index is 0.180. The van der Waals surface area contributed by atoms with Crippen molar-refractivity contribution in [2.75, 3.05) is 27.2 Å². The number of aromatic nitrogens is 1. The smallest absolute Gasteiger partial charge is 0.247 e. The predicted octanol–water partition coefficient (Wildman–Crippen LogP) is 3.21. The zero-order valence-corrected chi connectivity index (χ0v) is 23.4. The van der Waals surface area contributed by atoms with E-state index in [1.807, 2.05) is 25.1 Å². The van der Waals surface area contributed by atoms with Gasteiger partial charge in [0.1, 0.15) is 6.04 Å². The number of carbonyl (C=O) groups excluding carboxylic acids is 3. The second-order valence-corrected chi connectivity index (χ2v) is 11.3. The van der Waals surface area contributed by atoms with Gasteiger partial charge in [-0.15, -0.1) is 11.3 Å². The van der Waals surface area contributed by atoms with Gasteiger partial charge in [-0.3, -0.25) is 14.4 Å². The Hall–Kier alpha value is -2.78. The summed E-state index contributed by atoms with van der Waals surface area (Å²) in [4.78, 5) is 45.0. The average molecular weight is 528 g/mol. The number of benzene rings is 1. The van der Waals surface area contributed by atoms with Crippen LogP contribution in [-0.2, 0) is 27.2 Å². The third kappa shape index (κ3) is 8.36. The first-order valence-electron chi connectivity index (χ1n) is 13.3. The van der Waals surface area contributed by atoms with Crippen LogP contribution in [0.4, 0.5) is 0 Å². The Labute approximate surface area is 224 Å². The molecule has 1 aliphatic rings. The van der Waals surface area contributed by atoms with Crippen LogP contribution in [0, 0.1) is 5.92 Å². The Balaban J connectivity index is 1.73. The molecular formula is C28H41N5O3S. The topological polar surface area (TPSA) is 103 Å². The average Bonchev–Trinajstić information content (AvgIpc) is 3.54. The van der Waals surface area contributed by atoms with Crippen LogP contribution in [0.3, 0.4) is 0 Å². The van der Waals surface area contributed by atoms with E-state index in [4.69, 9.17) is 4.98 Å². The lowest BCUT2D eigenvalue weighted by Crippen LogP contribution is -2.54. The summed E-state index contributed by atoms with van der Waals surface area (Å²) < 4.78 is 1.08. The van der Waals surface area contributed by atoms with Crippen molar-refractivity contribution in [1.82, 2.24) is 25.8 Å². The van der Waals surface area contributed by atoms with E-state index < -0.39 is 6.04 Å². The van der Waals surface area contributed by atoms with E-state index in [2.05, 4.69) is 41.6 Å². The maximum absolute atomic E-state index is 13.5. The summed E-state index contributed by atoms with van der Waals surface area (Å²) in [6, 6.07) is 5.27. The van der Waals surface area contributed by atoms with Gasteiger partial charge in [-0.25, -0.2) is 4.98 Å². The van der Waals surface area contributed by atoms with Gasteiger partial charge in [-0.2, -0.15) is 0 Å². The van der Waals surface area contributed by atoms with Crippen molar-refractivity contribution >= 4 is 39.3 Å². The second kappa shape index (κ2) is 13.7. The minimum atomic E-state index is -0.734. The molecular weight excluding hydrogens is 486 g/mol. The molecule has 1 aromatic heterocycles. The van der Waals surface area contributed by atoms with Crippen LogP contribution >= 0.6 is 11.3 Å². The van der Waals surface area contributed by atoms with Crippen LogP contribution in [0.5, 0.6) is 0 Å². The number of fused-ring (bicyclic) bond motifs is 1. The summed E-state index contributed by atoms with van der Waals surface area (Å²) >= 11 is 1.56. The molecule has 2 atom stereocenters. The lowest BCUT2D eigenvalue weighted by atomic mass is 9.97. The first-order chi connectivity index (χ1) is 17.7. The van der Waals surface area contributed by atoms with Gasteiger partial charge in [0.15, 0.2) is 0 Å². The summed E-state index contributed by atoms with van der Waals surface area (Å²) in [5.41, 5.74) is 2.63. The van der Waals surface area contributed by atoms with Crippen molar-refractivity contribution < 1.29 is 14.4 Å². The number of aryl methyl sites for hydroxylation is 1. The maximum atomic E-state index is 13.5. The third-order valence-electron chi connectivity index (χ3n) is 6.86. The quantitative estimate of drug-likeness (QED) is 0.347. The third-order valence-corrected chi connectivity index (χ3v) is 7.90. The highest BCUT2D eigenvalue weighted by molar-refractivity contribution is 7.18. The van der Waals surface area contributed by atoms with Gasteiger partial charge in [-0.05, 0) is 57.0 Å². The Morgan fingerprint density at radius 2 is 1.89 bits per heavy atom. The molecule has 202 valence electrons. The van der Waals surface area contributed by atoms with Crippen molar-refractivity contribution in [3.8, 4) is 0 Å². The molecule has 3 N–H and O–H groups in total. The molecule has 0 bridgehead atoms. The normalized spacial score (nSPS) is 15.5. The maximum Gasteiger partial charge on any atom is 0.247 e. The Morgan fingerprint density at radius 1 is 1.16 bits per heavy atom. The number of amides is 3. The zero-order chi connectivity index (χ0) is 26.9. The monoisotopic (exact) mass is 527 g/mol. The number of thiazole rings is 1. The van der Waals surface area contributed by atoms with Crippen LogP contribution in [0.1, 0.15) is 56.5 Å². The number of nitrogens with zero attached hydrogens (tertiary/aromatic N) is 2. The number of carbonyl (C=O) groups is 3. The largest absolute Gasteiger partial charge is 0.350 e. The number of likely N-dealkylation sites (N-methyl/N-ethyl adjacent to an activating group) is 1. The minimum Gasteiger partial charge on any atom is -0.350 e. The molecule has 1 fully saturated rings. The Morgan fingerprint density at radius 3 is 2.54 bits per heavy atom. The van der Waals surface area contributed by atoms with Crippen molar-refractivity contribution in [2.45, 2.75) is 70.9 Å². The van der Waals surface area contributed by atoms with Crippen molar-refractivity contribution in [1.29, 1.82) is 0 Å². The molecule has 0 saturated heterocycles. The van der Waals surface area contributed by atoms with E-state index in [0.717, 1.165) is 47.3 Å². The number of nitrogens with one attached hydrogen (secondary N) is 3. The fourth-order valence-electron chi connectivity index (χ4n) is 4.76. The fourth-order valence-corrected chi connectivity index (χ4v) is 5.84. The predicted molar refractivity (Wildman–Crippen MR) is 150 cm³/mol. The van der Waals surface area contributed by atoms with Gasteiger partial charge in [-0.1, -0.05) is 39.3 Å². The molecule has 3 rings (SSSR count). The zero-order valence-electron chi connectivity index (χ0n) is 22.6. The van der Waals surface area contributed by atoms with E-state index >= 15 is 0 Å². The van der Waals surface area contributed by atoms with Gasteiger partial charge in [0.25, 0.3) is 0 Å². The molecule has 1 unspecified atom stereocenters. The summed E-state index contributed by atoms with van der Waals surface area (Å²) in [5, 5.41) is 9.83. The fraction of sp³-hybridized carbons (Fsp3) is 0.571. The second-order valence-electron chi connectivity index (χ2n) is 10.2. The first kappa shape index (κ1) is 28.8. The van der Waals surface area contributed by atoms with Gasteiger partial charge in [0.05, 0.1) is 15.2 Å². The van der Waals surface area contributed by atoms with Crippen LogP contribution in [0.15, 0.2) is 30.4 Å². The van der Waals surface area contributed by atoms with Crippen LogP contribution in [-0.4, -0.2) is 66.9 Å². The lowest BCUT2D eigenvalue weighted by molar-refractivity contribution is -0.129. The van der Waals surface area contributed by atoms with Crippen molar-refractivity contribution in [2.24, 2.45) is 5.92 Å². The standard InChI is InChI=1S/C28H41N5O3S/c1-6-19-12-13-21-24(14-19)37-26(31-21)15-22(30-25(34)7-2)28(36)32-23(20-10-8-9-11-20)16-29-27(35)18(3)17-33(4)5/h12-14,20,22-23H,3,6-11,15-17H2,1-2,4-5H3,(H,29,35)(H,30,34)(H,32,36)/t22-,23?/m0/s1. The highest BCUT2D eigenvalue weighted by Gasteiger charge is 2.30. The van der Waals surface area contributed by atoms with E-state index in [-0.39, 0.29) is 29.7 Å². The number of hydrogen-bond acceptors (Lipinski definition) is 6. The molecule has 3 amide bonds. The highest BCUT2D eigenvalue weighted by atomic mass is 32.1. The molecule has 1 aliphatic carbocycles. The Bertz CT molecular complexity index is 1110. The number of rotatable bonds is 13. The molecule has 8 nitrogen and oxygen atoms in total. The van der Waals surface area contributed by atoms with Crippen LogP contribution < -0.4 is 16.0 Å². The lowest BCUT2D eigenvalue weighted by Gasteiger charge is -2.28. The number of hydrogen-bond donors (Lipinski definition) is 3. The van der Waals surface area contributed by atoms with Crippen molar-refractivity contribution in [3.63, 3.8) is 0 Å². The van der Waals surface area contributed by atoms with Gasteiger partial charge >= 0.3 is 0 Å². The molecule has 1 heterocycles. The summed E-state index contributed by atoms with van der Waals surface area (Å²) in [5.74, 6) is -0.347. The molecule has 9 heteroatoms. The van der Waals surface area contributed by atoms with Crippen molar-refractivity contribution in [3.05, 3.63) is 40.9 Å². The molecule has 0 radical (unpaired) electrons. The molecule has 2 aromatic rings. The summed E-state index contributed by atoms with van der Waals surface area (Å²) in [6.45, 7) is 8.57. The van der Waals surface area contributed by atoms with Crippen LogP contribution in [0.2, 0.25) is 0 Å². The SMILES string of the molecule is C=C(CN(C)C)C(=O)NCC(NC(=O)[C@H](Cc1nc2ccc(CC)cc2s1)NC(=O)CC)C1CCCC1. The summed E-state index contributed by atoms with van der Waals surface area (Å²) in [7, 11) is 3.78. The Kier molecular flexibility index (Phi) is 10.6. The van der Waals surface area contributed by atoms with Crippen LogP contribution in [0.25, 0.3) is 10.2 Å². The van der Waals surface area contributed by atoms with Gasteiger partial charge < -0.3 is 20.9 Å².